The van der Waals surface area contributed by atoms with Gasteiger partial charge >= 0.3 is 0 Å². The van der Waals surface area contributed by atoms with Crippen LogP contribution >= 0.6 is 0 Å². The van der Waals surface area contributed by atoms with Gasteiger partial charge in [-0.2, -0.15) is 0 Å². The Morgan fingerprint density at radius 3 is 2.77 bits per heavy atom. The maximum Gasteiger partial charge on any atom is 0.270 e. The Bertz CT molecular complexity index is 724. The highest BCUT2D eigenvalue weighted by atomic mass is 16.5. The second kappa shape index (κ2) is 6.05. The van der Waals surface area contributed by atoms with Crippen molar-refractivity contribution in [3.63, 3.8) is 0 Å². The van der Waals surface area contributed by atoms with E-state index in [0.29, 0.717) is 24.5 Å². The predicted molar refractivity (Wildman–Crippen MR) is 83.2 cm³/mol. The summed E-state index contributed by atoms with van der Waals surface area (Å²) in [5, 5.41) is 0. The number of rotatable bonds is 3. The van der Waals surface area contributed by atoms with Crippen LogP contribution in [0.25, 0.3) is 0 Å². The summed E-state index contributed by atoms with van der Waals surface area (Å²) >= 11 is 0. The number of aryl methyl sites for hydroxylation is 1. The lowest BCUT2D eigenvalue weighted by Gasteiger charge is -2.17. The number of carbonyl (C=O) groups excluding carboxylic acids is 1. The highest BCUT2D eigenvalue weighted by Gasteiger charge is 2.28. The highest BCUT2D eigenvalue weighted by molar-refractivity contribution is 5.92. The maximum absolute atomic E-state index is 12.4. The number of pyridine rings is 1. The smallest absolute Gasteiger partial charge is 0.270 e. The quantitative estimate of drug-likeness (QED) is 0.942. The Morgan fingerprint density at radius 1 is 1.27 bits per heavy atom. The van der Waals surface area contributed by atoms with Gasteiger partial charge in [0, 0.05) is 30.8 Å². The van der Waals surface area contributed by atoms with E-state index in [9.17, 15) is 9.59 Å². The number of hydrogen-bond donors (Lipinski definition) is 1. The minimum atomic E-state index is -0.157. The van der Waals surface area contributed by atoms with E-state index < -0.39 is 0 Å². The number of ether oxygens (including phenoxy) is 1. The fourth-order valence-corrected chi connectivity index (χ4v) is 2.67. The fourth-order valence-electron chi connectivity index (χ4n) is 2.67. The van der Waals surface area contributed by atoms with Gasteiger partial charge in [-0.1, -0.05) is 18.2 Å². The molecule has 3 rings (SSSR count). The third-order valence-corrected chi connectivity index (χ3v) is 3.69. The van der Waals surface area contributed by atoms with Crippen LogP contribution in [0.4, 0.5) is 0 Å². The number of carbonyl (C=O) groups is 1. The molecule has 0 radical (unpaired) electrons. The summed E-state index contributed by atoms with van der Waals surface area (Å²) in [7, 11) is 0. The minimum Gasteiger partial charge on any atom is -0.489 e. The van der Waals surface area contributed by atoms with E-state index in [4.69, 9.17) is 4.74 Å². The zero-order chi connectivity index (χ0) is 15.5. The van der Waals surface area contributed by atoms with E-state index in [2.05, 4.69) is 4.98 Å². The lowest BCUT2D eigenvalue weighted by Crippen LogP contribution is -2.32. The molecule has 1 fully saturated rings. The minimum absolute atomic E-state index is 0.0112. The molecule has 2 aromatic rings. The molecule has 1 aliphatic rings. The molecular formula is C17H18N2O3. The Balaban J connectivity index is 1.67. The maximum atomic E-state index is 12.4. The Labute approximate surface area is 128 Å². The molecule has 1 aromatic carbocycles. The van der Waals surface area contributed by atoms with Crippen molar-refractivity contribution in [1.82, 2.24) is 9.88 Å². The van der Waals surface area contributed by atoms with E-state index in [0.717, 1.165) is 12.2 Å². The number of likely N-dealkylation sites (tertiary alicyclic amines) is 1. The van der Waals surface area contributed by atoms with E-state index in [1.54, 1.807) is 11.8 Å². The van der Waals surface area contributed by atoms with Crippen molar-refractivity contribution in [2.24, 2.45) is 0 Å². The van der Waals surface area contributed by atoms with Crippen molar-refractivity contribution < 1.29 is 9.53 Å². The van der Waals surface area contributed by atoms with Crippen LogP contribution in [0.15, 0.2) is 47.3 Å². The van der Waals surface area contributed by atoms with Crippen molar-refractivity contribution in [3.05, 3.63) is 64.1 Å². The number of benzene rings is 1. The molecule has 1 N–H and O–H groups in total. The zero-order valence-electron chi connectivity index (χ0n) is 12.4. The van der Waals surface area contributed by atoms with Gasteiger partial charge < -0.3 is 14.6 Å². The molecule has 1 aliphatic heterocycles. The monoisotopic (exact) mass is 298 g/mol. The zero-order valence-corrected chi connectivity index (χ0v) is 12.4. The van der Waals surface area contributed by atoms with Crippen LogP contribution in [0.3, 0.4) is 0 Å². The molecule has 1 aromatic heterocycles. The molecule has 0 aliphatic carbocycles. The molecule has 1 amide bonds. The van der Waals surface area contributed by atoms with Gasteiger partial charge in [-0.25, -0.2) is 0 Å². The molecule has 0 bridgehead atoms. The van der Waals surface area contributed by atoms with Gasteiger partial charge in [-0.05, 0) is 19.1 Å². The summed E-state index contributed by atoms with van der Waals surface area (Å²) in [5.41, 5.74) is 0.869. The van der Waals surface area contributed by atoms with Gasteiger partial charge in [-0.15, -0.1) is 0 Å². The number of nitrogens with zero attached hydrogens (tertiary/aromatic N) is 1. The molecule has 1 saturated heterocycles. The first kappa shape index (κ1) is 14.4. The average molecular weight is 298 g/mol. The third-order valence-electron chi connectivity index (χ3n) is 3.69. The molecule has 5 nitrogen and oxygen atoms in total. The van der Waals surface area contributed by atoms with Crippen LogP contribution in [0.2, 0.25) is 0 Å². The van der Waals surface area contributed by atoms with E-state index >= 15 is 0 Å². The summed E-state index contributed by atoms with van der Waals surface area (Å²) < 4.78 is 5.87. The largest absolute Gasteiger partial charge is 0.489 e. The van der Waals surface area contributed by atoms with Gasteiger partial charge in [0.2, 0.25) is 0 Å². The number of para-hydroxylation sites is 1. The first-order valence-electron chi connectivity index (χ1n) is 7.34. The number of H-pyrrole nitrogens is 1. The van der Waals surface area contributed by atoms with Crippen LogP contribution in [0.5, 0.6) is 5.75 Å². The third kappa shape index (κ3) is 3.19. The lowest BCUT2D eigenvalue weighted by atomic mass is 10.3. The number of nitrogens with one attached hydrogen (secondary N) is 1. The molecule has 22 heavy (non-hydrogen) atoms. The second-order valence-electron chi connectivity index (χ2n) is 5.51. The Morgan fingerprint density at radius 2 is 2.05 bits per heavy atom. The van der Waals surface area contributed by atoms with Gasteiger partial charge in [0.1, 0.15) is 17.5 Å². The second-order valence-corrected chi connectivity index (χ2v) is 5.51. The standard InChI is InChI=1S/C17H18N2O3/c1-12-9-13(20)10-16(18-12)17(21)19-8-7-15(11-19)22-14-5-3-2-4-6-14/h2-6,9-10,15H,7-8,11H2,1H3,(H,18,20)/t15-/m0/s1. The fraction of sp³-hybridized carbons (Fsp3) is 0.294. The molecule has 5 heteroatoms. The van der Waals surface area contributed by atoms with Gasteiger partial charge in [0.25, 0.3) is 5.91 Å². The first-order chi connectivity index (χ1) is 10.6. The first-order valence-corrected chi connectivity index (χ1v) is 7.34. The Kier molecular flexibility index (Phi) is 3.96. The van der Waals surface area contributed by atoms with Gasteiger partial charge in [-0.3, -0.25) is 9.59 Å². The van der Waals surface area contributed by atoms with Crippen LogP contribution in [-0.4, -0.2) is 35.0 Å². The molecule has 0 spiro atoms. The van der Waals surface area contributed by atoms with Crippen molar-refractivity contribution >= 4 is 5.91 Å². The lowest BCUT2D eigenvalue weighted by molar-refractivity contribution is 0.0766. The van der Waals surface area contributed by atoms with Crippen molar-refractivity contribution in [1.29, 1.82) is 0 Å². The number of aromatic amines is 1. The molecule has 0 unspecified atom stereocenters. The topological polar surface area (TPSA) is 62.4 Å². The van der Waals surface area contributed by atoms with Crippen molar-refractivity contribution in [3.8, 4) is 5.75 Å². The van der Waals surface area contributed by atoms with E-state index in [1.807, 2.05) is 30.3 Å². The summed E-state index contributed by atoms with van der Waals surface area (Å²) in [5.74, 6) is 0.658. The summed E-state index contributed by atoms with van der Waals surface area (Å²) in [4.78, 5) is 28.6. The van der Waals surface area contributed by atoms with Crippen LogP contribution in [-0.2, 0) is 0 Å². The normalized spacial score (nSPS) is 17.5. The van der Waals surface area contributed by atoms with Gasteiger partial charge in [0.05, 0.1) is 6.54 Å². The predicted octanol–water partition coefficient (Wildman–Crippen LogP) is 1.98. The van der Waals surface area contributed by atoms with Crippen molar-refractivity contribution in [2.45, 2.75) is 19.4 Å². The molecule has 1 atom stereocenters. The summed E-state index contributed by atoms with van der Waals surface area (Å²) in [6, 6.07) is 12.4. The van der Waals surface area contributed by atoms with Crippen molar-refractivity contribution in [2.75, 3.05) is 13.1 Å². The van der Waals surface area contributed by atoms with Crippen LogP contribution in [0.1, 0.15) is 22.6 Å². The summed E-state index contributed by atoms with van der Waals surface area (Å²) in [6.45, 7) is 2.93. The Hall–Kier alpha value is -2.56. The number of amides is 1. The molecular weight excluding hydrogens is 280 g/mol. The average Bonchev–Trinajstić information content (AvgIpc) is 2.95. The van der Waals surface area contributed by atoms with Gasteiger partial charge in [0.15, 0.2) is 5.43 Å². The van der Waals surface area contributed by atoms with E-state index in [1.165, 1.54) is 12.1 Å². The SMILES string of the molecule is Cc1cc(=O)cc(C(=O)N2CC[C@H](Oc3ccccc3)C2)[nH]1. The molecule has 114 valence electrons. The van der Waals surface area contributed by atoms with E-state index in [-0.39, 0.29) is 17.4 Å². The highest BCUT2D eigenvalue weighted by Crippen LogP contribution is 2.19. The number of hydrogen-bond acceptors (Lipinski definition) is 3. The van der Waals surface area contributed by atoms with Crippen LogP contribution < -0.4 is 10.2 Å². The van der Waals surface area contributed by atoms with Crippen LogP contribution in [0, 0.1) is 6.92 Å². The molecule has 0 saturated carbocycles. The summed E-state index contributed by atoms with van der Waals surface area (Å²) in [6.07, 6.45) is 0.777. The molecule has 2 heterocycles. The number of aromatic nitrogens is 1.